The molecule has 4 rings (SSSR count). The van der Waals surface area contributed by atoms with Crippen LogP contribution in [0.25, 0.3) is 21.5 Å². The van der Waals surface area contributed by atoms with Crippen LogP contribution in [-0.4, -0.2) is 11.9 Å². The minimum absolute atomic E-state index is 0.410. The van der Waals surface area contributed by atoms with E-state index in [1.165, 1.54) is 11.3 Å². The molecule has 0 aliphatic carbocycles. The first-order valence-electron chi connectivity index (χ1n) is 7.44. The van der Waals surface area contributed by atoms with Crippen molar-refractivity contribution >= 4 is 44.8 Å². The predicted molar refractivity (Wildman–Crippen MR) is 95.5 cm³/mol. The van der Waals surface area contributed by atoms with Gasteiger partial charge in [0.25, 0.3) is 0 Å². The number of rotatable bonds is 2. The van der Waals surface area contributed by atoms with Crippen LogP contribution in [0.15, 0.2) is 72.1 Å². The van der Waals surface area contributed by atoms with Crippen LogP contribution < -0.4 is 0 Å². The maximum Gasteiger partial charge on any atom is 0.356 e. The van der Waals surface area contributed by atoms with Crippen LogP contribution in [-0.2, 0) is 4.74 Å². The molecule has 3 nitrogen and oxygen atoms in total. The smallest absolute Gasteiger partial charge is 0.356 e. The quantitative estimate of drug-likeness (QED) is 0.293. The van der Waals surface area contributed by atoms with Crippen LogP contribution in [0.1, 0.15) is 20.0 Å². The Hall–Kier alpha value is -2.98. The van der Waals surface area contributed by atoms with Gasteiger partial charge in [-0.2, -0.15) is 0 Å². The summed E-state index contributed by atoms with van der Waals surface area (Å²) in [4.78, 5) is 25.3. The Kier molecular flexibility index (Phi) is 3.59. The van der Waals surface area contributed by atoms with Gasteiger partial charge >= 0.3 is 11.9 Å². The summed E-state index contributed by atoms with van der Waals surface area (Å²) in [6, 6.07) is 20.6. The number of thiophene rings is 1. The second-order valence-corrected chi connectivity index (χ2v) is 6.30. The summed E-state index contributed by atoms with van der Waals surface area (Å²) >= 11 is 1.25. The zero-order valence-corrected chi connectivity index (χ0v) is 13.4. The molecule has 4 aromatic rings. The van der Waals surface area contributed by atoms with Crippen molar-refractivity contribution in [3.63, 3.8) is 0 Å². The van der Waals surface area contributed by atoms with E-state index in [4.69, 9.17) is 4.74 Å². The second-order valence-electron chi connectivity index (χ2n) is 5.35. The summed E-state index contributed by atoms with van der Waals surface area (Å²) < 4.78 is 5.13. The zero-order valence-electron chi connectivity index (χ0n) is 12.6. The number of fused-ring (bicyclic) bond motifs is 2. The minimum atomic E-state index is -0.624. The number of hydrogen-bond donors (Lipinski definition) is 0. The van der Waals surface area contributed by atoms with Gasteiger partial charge in [0.1, 0.15) is 4.88 Å². The Balaban J connectivity index is 1.87. The molecule has 0 saturated carbocycles. The van der Waals surface area contributed by atoms with E-state index >= 15 is 0 Å². The van der Waals surface area contributed by atoms with E-state index < -0.39 is 11.9 Å². The van der Waals surface area contributed by atoms with Crippen molar-refractivity contribution in [1.29, 1.82) is 0 Å². The highest BCUT2D eigenvalue weighted by atomic mass is 32.1. The molecule has 0 fully saturated rings. The van der Waals surface area contributed by atoms with Gasteiger partial charge in [-0.1, -0.05) is 54.6 Å². The summed E-state index contributed by atoms with van der Waals surface area (Å²) in [6.07, 6.45) is 0. The van der Waals surface area contributed by atoms with Crippen molar-refractivity contribution in [3.05, 3.63) is 82.6 Å². The Bertz CT molecular complexity index is 1010. The third-order valence-corrected chi connectivity index (χ3v) is 4.73. The third-order valence-electron chi connectivity index (χ3n) is 3.88. The number of carbonyl (C=O) groups is 2. The Morgan fingerprint density at radius 1 is 0.750 bits per heavy atom. The molecule has 4 heteroatoms. The van der Waals surface area contributed by atoms with Crippen molar-refractivity contribution in [1.82, 2.24) is 0 Å². The third kappa shape index (κ3) is 2.47. The molecule has 116 valence electrons. The fraction of sp³-hybridized carbons (Fsp3) is 0. The van der Waals surface area contributed by atoms with E-state index in [0.29, 0.717) is 10.4 Å². The molecular weight excluding hydrogens is 320 g/mol. The SMILES string of the molecule is O=C(OC(=O)c1c2ccccc2cc2ccccc12)c1cccs1. The first-order valence-corrected chi connectivity index (χ1v) is 8.32. The normalized spacial score (nSPS) is 10.8. The average Bonchev–Trinajstić information content (AvgIpc) is 3.14. The van der Waals surface area contributed by atoms with Crippen LogP contribution in [0.3, 0.4) is 0 Å². The topological polar surface area (TPSA) is 43.4 Å². The van der Waals surface area contributed by atoms with Gasteiger partial charge in [-0.05, 0) is 39.1 Å². The van der Waals surface area contributed by atoms with E-state index in [-0.39, 0.29) is 0 Å². The molecule has 0 N–H and O–H groups in total. The van der Waals surface area contributed by atoms with Crippen LogP contribution in [0.4, 0.5) is 0 Å². The van der Waals surface area contributed by atoms with E-state index in [1.54, 1.807) is 17.5 Å². The van der Waals surface area contributed by atoms with E-state index in [0.717, 1.165) is 21.5 Å². The summed E-state index contributed by atoms with van der Waals surface area (Å²) in [5.41, 5.74) is 0.425. The van der Waals surface area contributed by atoms with E-state index in [9.17, 15) is 9.59 Å². The van der Waals surface area contributed by atoms with Crippen LogP contribution in [0.2, 0.25) is 0 Å². The number of hydrogen-bond acceptors (Lipinski definition) is 4. The first kappa shape index (κ1) is 14.6. The van der Waals surface area contributed by atoms with Crippen LogP contribution in [0.5, 0.6) is 0 Å². The maximum atomic E-state index is 12.7. The average molecular weight is 332 g/mol. The Labute approximate surface area is 142 Å². The van der Waals surface area contributed by atoms with Gasteiger partial charge in [0, 0.05) is 0 Å². The van der Waals surface area contributed by atoms with Crippen molar-refractivity contribution in [3.8, 4) is 0 Å². The van der Waals surface area contributed by atoms with Gasteiger partial charge < -0.3 is 4.74 Å². The number of ether oxygens (including phenoxy) is 1. The van der Waals surface area contributed by atoms with Crippen molar-refractivity contribution in [2.75, 3.05) is 0 Å². The lowest BCUT2D eigenvalue weighted by Crippen LogP contribution is -2.12. The molecule has 0 bridgehead atoms. The molecule has 0 atom stereocenters. The van der Waals surface area contributed by atoms with E-state index in [1.807, 2.05) is 54.6 Å². The number of esters is 2. The molecule has 3 aromatic carbocycles. The highest BCUT2D eigenvalue weighted by molar-refractivity contribution is 7.12. The molecule has 0 radical (unpaired) electrons. The van der Waals surface area contributed by atoms with Gasteiger partial charge in [-0.15, -0.1) is 11.3 Å². The van der Waals surface area contributed by atoms with Crippen molar-refractivity contribution in [2.24, 2.45) is 0 Å². The monoisotopic (exact) mass is 332 g/mol. The van der Waals surface area contributed by atoms with Crippen molar-refractivity contribution in [2.45, 2.75) is 0 Å². The Morgan fingerprint density at radius 3 is 1.96 bits per heavy atom. The van der Waals surface area contributed by atoms with Crippen LogP contribution >= 0.6 is 11.3 Å². The number of carbonyl (C=O) groups excluding carboxylic acids is 2. The summed E-state index contributed by atoms with van der Waals surface area (Å²) in [7, 11) is 0. The molecule has 0 spiro atoms. The molecule has 24 heavy (non-hydrogen) atoms. The fourth-order valence-corrected chi connectivity index (χ4v) is 3.41. The zero-order chi connectivity index (χ0) is 16.5. The second kappa shape index (κ2) is 5.91. The van der Waals surface area contributed by atoms with Gasteiger partial charge in [0.15, 0.2) is 0 Å². The predicted octanol–water partition coefficient (Wildman–Crippen LogP) is 5.05. The molecule has 0 amide bonds. The lowest BCUT2D eigenvalue weighted by atomic mass is 9.97. The van der Waals surface area contributed by atoms with Crippen LogP contribution in [0, 0.1) is 0 Å². The molecule has 1 heterocycles. The summed E-state index contributed by atoms with van der Waals surface area (Å²) in [5, 5.41) is 5.20. The van der Waals surface area contributed by atoms with Crippen molar-refractivity contribution < 1.29 is 14.3 Å². The molecule has 0 saturated heterocycles. The van der Waals surface area contributed by atoms with E-state index in [2.05, 4.69) is 0 Å². The van der Waals surface area contributed by atoms with Gasteiger partial charge in [0.2, 0.25) is 0 Å². The molecular formula is C20H12O3S. The first-order chi connectivity index (χ1) is 11.7. The molecule has 0 aliphatic heterocycles. The lowest BCUT2D eigenvalue weighted by Gasteiger charge is -2.10. The molecule has 0 unspecified atom stereocenters. The maximum absolute atomic E-state index is 12.7. The van der Waals surface area contributed by atoms with Gasteiger partial charge in [0.05, 0.1) is 5.56 Å². The lowest BCUT2D eigenvalue weighted by molar-refractivity contribution is 0.0404. The van der Waals surface area contributed by atoms with Gasteiger partial charge in [-0.25, -0.2) is 9.59 Å². The summed E-state index contributed by atoms with van der Waals surface area (Å²) in [6.45, 7) is 0. The fourth-order valence-electron chi connectivity index (χ4n) is 2.81. The standard InChI is InChI=1S/C20H12O3S/c21-19(17-10-5-11-24-17)23-20(22)18-15-8-3-1-6-13(15)12-14-7-2-4-9-16(14)18/h1-12H. The molecule has 1 aromatic heterocycles. The molecule has 0 aliphatic rings. The highest BCUT2D eigenvalue weighted by Gasteiger charge is 2.20. The largest absolute Gasteiger partial charge is 0.385 e. The minimum Gasteiger partial charge on any atom is -0.385 e. The Morgan fingerprint density at radius 2 is 1.38 bits per heavy atom. The number of benzene rings is 3. The highest BCUT2D eigenvalue weighted by Crippen LogP contribution is 2.29. The summed E-state index contributed by atoms with van der Waals surface area (Å²) in [5.74, 6) is -1.24. The van der Waals surface area contributed by atoms with Gasteiger partial charge in [-0.3, -0.25) is 0 Å².